The van der Waals surface area contributed by atoms with Crippen LogP contribution in [0, 0.1) is 0 Å². The molecule has 0 aliphatic carbocycles. The van der Waals surface area contributed by atoms with E-state index in [2.05, 4.69) is 19.2 Å². The molecule has 0 heterocycles. The molecule has 9 heteroatoms. The highest BCUT2D eigenvalue weighted by molar-refractivity contribution is 7.45. The predicted octanol–water partition coefficient (Wildman–Crippen LogP) is 12.1. The largest absolute Gasteiger partial charge is 0.756 e. The van der Waals surface area contributed by atoms with Crippen molar-refractivity contribution in [2.75, 3.05) is 40.9 Å². The number of unbranched alkanes of at least 4 members (excludes halogenated alkanes) is 29. The number of phosphoric ester groups is 1. The van der Waals surface area contributed by atoms with Gasteiger partial charge in [-0.1, -0.05) is 206 Å². The monoisotopic (exact) mass is 787 g/mol. The Labute approximate surface area is 335 Å². The molecule has 0 rings (SSSR count). The van der Waals surface area contributed by atoms with Gasteiger partial charge in [0.25, 0.3) is 7.82 Å². The van der Waals surface area contributed by atoms with Crippen LogP contribution >= 0.6 is 7.82 Å². The Bertz CT molecular complexity index is 896. The van der Waals surface area contributed by atoms with Crippen LogP contribution in [0.25, 0.3) is 0 Å². The van der Waals surface area contributed by atoms with E-state index in [9.17, 15) is 19.4 Å². The zero-order chi connectivity index (χ0) is 40.0. The molecule has 1 amide bonds. The minimum atomic E-state index is -4.58. The summed E-state index contributed by atoms with van der Waals surface area (Å²) in [5.74, 6) is -0.195. The second-order valence-corrected chi connectivity index (χ2v) is 18.5. The Morgan fingerprint density at radius 2 is 1.00 bits per heavy atom. The lowest BCUT2D eigenvalue weighted by Gasteiger charge is -2.29. The number of aliphatic hydroxyl groups is 1. The smallest absolute Gasteiger partial charge is 0.268 e. The van der Waals surface area contributed by atoms with Crippen molar-refractivity contribution in [3.05, 3.63) is 12.2 Å². The summed E-state index contributed by atoms with van der Waals surface area (Å²) >= 11 is 0. The molecule has 0 fully saturated rings. The lowest BCUT2D eigenvalue weighted by molar-refractivity contribution is -0.870. The zero-order valence-electron chi connectivity index (χ0n) is 36.4. The van der Waals surface area contributed by atoms with Crippen LogP contribution in [-0.2, 0) is 18.4 Å². The van der Waals surface area contributed by atoms with Gasteiger partial charge in [-0.15, -0.1) is 0 Å². The Hall–Kier alpha value is -0.760. The van der Waals surface area contributed by atoms with Gasteiger partial charge in [-0.2, -0.15) is 0 Å². The van der Waals surface area contributed by atoms with Gasteiger partial charge in [-0.25, -0.2) is 0 Å². The number of rotatable bonds is 42. The van der Waals surface area contributed by atoms with Crippen LogP contribution in [0.5, 0.6) is 0 Å². The summed E-state index contributed by atoms with van der Waals surface area (Å²) in [6, 6.07) is -0.878. The van der Waals surface area contributed by atoms with Gasteiger partial charge in [0.15, 0.2) is 0 Å². The number of nitrogens with zero attached hydrogens (tertiary/aromatic N) is 1. The van der Waals surface area contributed by atoms with Crippen molar-refractivity contribution in [1.82, 2.24) is 5.32 Å². The third-order valence-corrected chi connectivity index (χ3v) is 11.5. The lowest BCUT2D eigenvalue weighted by Crippen LogP contribution is -2.45. The van der Waals surface area contributed by atoms with E-state index in [0.717, 1.165) is 38.5 Å². The van der Waals surface area contributed by atoms with Crippen molar-refractivity contribution in [3.8, 4) is 0 Å². The molecule has 0 saturated heterocycles. The number of carbonyl (C=O) groups is 1. The minimum Gasteiger partial charge on any atom is -0.756 e. The molecule has 0 aliphatic rings. The van der Waals surface area contributed by atoms with E-state index >= 15 is 0 Å². The van der Waals surface area contributed by atoms with E-state index in [1.54, 1.807) is 6.08 Å². The fourth-order valence-corrected chi connectivity index (χ4v) is 7.52. The molecule has 0 aromatic carbocycles. The van der Waals surface area contributed by atoms with E-state index in [-0.39, 0.29) is 19.1 Å². The highest BCUT2D eigenvalue weighted by Crippen LogP contribution is 2.38. The number of phosphoric acid groups is 1. The molecule has 0 radical (unpaired) electrons. The average molecular weight is 787 g/mol. The standard InChI is InChI=1S/C45H91N2O6P/c1-6-8-10-12-14-16-18-19-20-21-22-23-24-25-26-27-28-29-31-33-35-37-39-45(49)46-43(42-53-54(50,51)52-41-40-47(3,4)5)44(48)38-36-34-32-30-17-15-13-11-9-7-2/h36,38,43-44,48H,6-35,37,39-42H2,1-5H3,(H-,46,49,50,51)/b38-36+. The highest BCUT2D eigenvalue weighted by atomic mass is 31.2. The number of quaternary nitrogens is 1. The van der Waals surface area contributed by atoms with Crippen molar-refractivity contribution >= 4 is 13.7 Å². The van der Waals surface area contributed by atoms with Gasteiger partial charge in [0.1, 0.15) is 13.2 Å². The van der Waals surface area contributed by atoms with Gasteiger partial charge in [-0.3, -0.25) is 9.36 Å². The molecule has 0 aliphatic heterocycles. The summed E-state index contributed by atoms with van der Waals surface area (Å²) in [6.45, 7) is 4.64. The van der Waals surface area contributed by atoms with Crippen LogP contribution in [-0.4, -0.2) is 68.5 Å². The Morgan fingerprint density at radius 3 is 1.39 bits per heavy atom. The number of likely N-dealkylation sites (N-methyl/N-ethyl adjacent to an activating group) is 1. The molecular formula is C45H91N2O6P. The number of hydrogen-bond acceptors (Lipinski definition) is 6. The van der Waals surface area contributed by atoms with Crippen LogP contribution in [0.1, 0.15) is 219 Å². The maximum Gasteiger partial charge on any atom is 0.268 e. The first-order valence-corrected chi connectivity index (χ1v) is 24.5. The second kappa shape index (κ2) is 37.8. The van der Waals surface area contributed by atoms with Crippen LogP contribution in [0.15, 0.2) is 12.2 Å². The van der Waals surface area contributed by atoms with Crippen molar-refractivity contribution < 1.29 is 32.9 Å². The number of aliphatic hydroxyl groups excluding tert-OH is 1. The van der Waals surface area contributed by atoms with Crippen molar-refractivity contribution in [2.24, 2.45) is 0 Å². The lowest BCUT2D eigenvalue weighted by atomic mass is 10.0. The summed E-state index contributed by atoms with van der Waals surface area (Å²) in [7, 11) is 1.27. The molecule has 0 aromatic rings. The maximum absolute atomic E-state index is 12.8. The molecule has 8 nitrogen and oxygen atoms in total. The quantitative estimate of drug-likeness (QED) is 0.0276. The topological polar surface area (TPSA) is 108 Å². The SMILES string of the molecule is CCCCCCCCCC/C=C/C(O)C(COP(=O)([O-])OCC[N+](C)(C)C)NC(=O)CCCCCCCCCCCCCCCCCCCCCCCC. The van der Waals surface area contributed by atoms with Crippen molar-refractivity contribution in [1.29, 1.82) is 0 Å². The summed E-state index contributed by atoms with van der Waals surface area (Å²) < 4.78 is 23.2. The zero-order valence-corrected chi connectivity index (χ0v) is 37.3. The maximum atomic E-state index is 12.8. The van der Waals surface area contributed by atoms with E-state index < -0.39 is 20.0 Å². The van der Waals surface area contributed by atoms with Crippen LogP contribution in [0.3, 0.4) is 0 Å². The second-order valence-electron chi connectivity index (χ2n) is 17.1. The van der Waals surface area contributed by atoms with Gasteiger partial charge in [0.2, 0.25) is 5.91 Å². The summed E-state index contributed by atoms with van der Waals surface area (Å²) in [5, 5.41) is 13.7. The van der Waals surface area contributed by atoms with E-state index in [1.165, 1.54) is 161 Å². The predicted molar refractivity (Wildman–Crippen MR) is 229 cm³/mol. The molecule has 54 heavy (non-hydrogen) atoms. The number of hydrogen-bond donors (Lipinski definition) is 2. The van der Waals surface area contributed by atoms with Gasteiger partial charge in [-0.05, 0) is 19.3 Å². The number of nitrogens with one attached hydrogen (secondary N) is 1. The van der Waals surface area contributed by atoms with Gasteiger partial charge < -0.3 is 28.8 Å². The Balaban J connectivity index is 4.20. The van der Waals surface area contributed by atoms with Crippen molar-refractivity contribution in [2.45, 2.75) is 231 Å². The number of allylic oxidation sites excluding steroid dienone is 1. The number of carbonyl (C=O) groups excluding carboxylic acids is 1. The molecule has 322 valence electrons. The molecule has 0 bridgehead atoms. The molecular weight excluding hydrogens is 695 g/mol. The fraction of sp³-hybridized carbons (Fsp3) is 0.933. The van der Waals surface area contributed by atoms with Gasteiger partial charge in [0.05, 0.1) is 39.9 Å². The molecule has 3 atom stereocenters. The summed E-state index contributed by atoms with van der Waals surface area (Å²) in [6.07, 6.45) is 42.7. The number of amides is 1. The molecule has 2 N–H and O–H groups in total. The van der Waals surface area contributed by atoms with Gasteiger partial charge >= 0.3 is 0 Å². The normalized spacial score (nSPS) is 14.4. The Kier molecular flexibility index (Phi) is 37.3. The minimum absolute atomic E-state index is 0.00186. The fourth-order valence-electron chi connectivity index (χ4n) is 6.80. The van der Waals surface area contributed by atoms with Crippen molar-refractivity contribution in [3.63, 3.8) is 0 Å². The molecule has 0 aromatic heterocycles. The van der Waals surface area contributed by atoms with Crippen LogP contribution in [0.2, 0.25) is 0 Å². The summed E-state index contributed by atoms with van der Waals surface area (Å²) in [4.78, 5) is 25.2. The van der Waals surface area contributed by atoms with E-state index in [4.69, 9.17) is 9.05 Å². The first-order valence-electron chi connectivity index (χ1n) is 23.1. The third kappa shape index (κ3) is 39.5. The first-order chi connectivity index (χ1) is 26.0. The third-order valence-electron chi connectivity index (χ3n) is 10.5. The van der Waals surface area contributed by atoms with Crippen LogP contribution < -0.4 is 10.2 Å². The first kappa shape index (κ1) is 53.2. The molecule has 0 spiro atoms. The highest BCUT2D eigenvalue weighted by Gasteiger charge is 2.23. The van der Waals surface area contributed by atoms with Crippen LogP contribution in [0.4, 0.5) is 0 Å². The molecule has 3 unspecified atom stereocenters. The summed E-state index contributed by atoms with van der Waals surface area (Å²) in [5.41, 5.74) is 0. The average Bonchev–Trinajstić information content (AvgIpc) is 3.12. The van der Waals surface area contributed by atoms with E-state index in [1.807, 2.05) is 27.2 Å². The Morgan fingerprint density at radius 1 is 0.630 bits per heavy atom. The molecule has 0 saturated carbocycles. The van der Waals surface area contributed by atoms with E-state index in [0.29, 0.717) is 17.4 Å². The van der Waals surface area contributed by atoms with Gasteiger partial charge in [0, 0.05) is 6.42 Å².